The Bertz CT molecular complexity index is 483. The van der Waals surface area contributed by atoms with Crippen LogP contribution in [0.3, 0.4) is 0 Å². The maximum absolute atomic E-state index is 10.7. The molecule has 2 rings (SSSR count). The topological polar surface area (TPSA) is 38.7 Å². The lowest BCUT2D eigenvalue weighted by molar-refractivity contribution is 0.245. The largest absolute Gasteiger partial charge is 0.496 e. The van der Waals surface area contributed by atoms with E-state index in [1.54, 1.807) is 13.2 Å². The van der Waals surface area contributed by atoms with Crippen molar-refractivity contribution < 1.29 is 9.53 Å². The maximum Gasteiger partial charge on any atom is 0.235 e. The van der Waals surface area contributed by atoms with Crippen LogP contribution in [0.1, 0.15) is 50.2 Å². The minimum atomic E-state index is -0.391. The van der Waals surface area contributed by atoms with Crippen molar-refractivity contribution in [3.63, 3.8) is 0 Å². The SMILES string of the molecule is COc1c(C(C)C)cccc1C1(N=C=O)CCC1. The Morgan fingerprint density at radius 2 is 2.11 bits per heavy atom. The van der Waals surface area contributed by atoms with E-state index in [-0.39, 0.29) is 0 Å². The third-order valence-electron chi connectivity index (χ3n) is 3.81. The van der Waals surface area contributed by atoms with Crippen LogP contribution in [0.5, 0.6) is 5.75 Å². The standard InChI is InChI=1S/C15H19NO2/c1-11(2)12-6-4-7-13(14(12)18-3)15(16-10-17)8-5-9-15/h4,6-7,11H,5,8-9H2,1-3H3. The number of para-hydroxylation sites is 1. The fourth-order valence-corrected chi connectivity index (χ4v) is 2.64. The molecule has 0 unspecified atom stereocenters. The van der Waals surface area contributed by atoms with E-state index in [2.05, 4.69) is 24.9 Å². The monoisotopic (exact) mass is 245 g/mol. The van der Waals surface area contributed by atoms with E-state index >= 15 is 0 Å². The summed E-state index contributed by atoms with van der Waals surface area (Å²) in [4.78, 5) is 14.7. The highest BCUT2D eigenvalue weighted by molar-refractivity contribution is 5.50. The molecule has 0 amide bonds. The van der Waals surface area contributed by atoms with Crippen molar-refractivity contribution in [1.82, 2.24) is 0 Å². The molecule has 1 saturated carbocycles. The highest BCUT2D eigenvalue weighted by Gasteiger charge is 2.41. The minimum absolute atomic E-state index is 0.386. The van der Waals surface area contributed by atoms with Gasteiger partial charge in [0.25, 0.3) is 0 Å². The molecule has 0 radical (unpaired) electrons. The first kappa shape index (κ1) is 12.8. The molecule has 0 spiro atoms. The molecule has 0 aliphatic heterocycles. The molecule has 1 aromatic rings. The molecule has 96 valence electrons. The molecule has 0 aromatic heterocycles. The van der Waals surface area contributed by atoms with E-state index in [9.17, 15) is 4.79 Å². The summed E-state index contributed by atoms with van der Waals surface area (Å²) in [6.07, 6.45) is 4.63. The number of carbonyl (C=O) groups excluding carboxylic acids is 1. The Hall–Kier alpha value is -1.60. The summed E-state index contributed by atoms with van der Waals surface area (Å²) in [5.74, 6) is 1.27. The second kappa shape index (κ2) is 4.95. The molecule has 1 aromatic carbocycles. The number of rotatable bonds is 4. The normalized spacial score (nSPS) is 16.9. The highest BCUT2D eigenvalue weighted by atomic mass is 16.5. The summed E-state index contributed by atoms with van der Waals surface area (Å²) in [6, 6.07) is 6.11. The summed E-state index contributed by atoms with van der Waals surface area (Å²) in [6.45, 7) is 4.27. The van der Waals surface area contributed by atoms with Gasteiger partial charge >= 0.3 is 0 Å². The van der Waals surface area contributed by atoms with Gasteiger partial charge in [-0.15, -0.1) is 0 Å². The van der Waals surface area contributed by atoms with Crippen LogP contribution >= 0.6 is 0 Å². The molecule has 3 heteroatoms. The van der Waals surface area contributed by atoms with E-state index in [1.807, 2.05) is 12.1 Å². The van der Waals surface area contributed by atoms with Gasteiger partial charge in [-0.25, -0.2) is 4.79 Å². The van der Waals surface area contributed by atoms with Crippen LogP contribution in [0.2, 0.25) is 0 Å². The van der Waals surface area contributed by atoms with Crippen LogP contribution in [0.4, 0.5) is 0 Å². The van der Waals surface area contributed by atoms with Crippen molar-refractivity contribution in [2.24, 2.45) is 4.99 Å². The fourth-order valence-electron chi connectivity index (χ4n) is 2.64. The van der Waals surface area contributed by atoms with Crippen LogP contribution in [0.15, 0.2) is 23.2 Å². The van der Waals surface area contributed by atoms with E-state index in [0.29, 0.717) is 5.92 Å². The predicted molar refractivity (Wildman–Crippen MR) is 70.7 cm³/mol. The second-order valence-electron chi connectivity index (χ2n) is 5.17. The van der Waals surface area contributed by atoms with Gasteiger partial charge in [-0.3, -0.25) is 0 Å². The van der Waals surface area contributed by atoms with Crippen LogP contribution in [-0.4, -0.2) is 13.2 Å². The molecule has 1 aliphatic rings. The first-order valence-electron chi connectivity index (χ1n) is 6.41. The molecule has 0 bridgehead atoms. The molecule has 0 heterocycles. The van der Waals surface area contributed by atoms with Crippen molar-refractivity contribution >= 4 is 6.08 Å². The zero-order valence-corrected chi connectivity index (χ0v) is 11.2. The van der Waals surface area contributed by atoms with Gasteiger partial charge in [0.15, 0.2) is 0 Å². The van der Waals surface area contributed by atoms with Gasteiger partial charge in [-0.05, 0) is 30.7 Å². The van der Waals surface area contributed by atoms with E-state index < -0.39 is 5.54 Å². The quantitative estimate of drug-likeness (QED) is 0.601. The number of ether oxygens (including phenoxy) is 1. The van der Waals surface area contributed by atoms with Crippen LogP contribution in [0, 0.1) is 0 Å². The Labute approximate surface area is 108 Å². The van der Waals surface area contributed by atoms with E-state index in [0.717, 1.165) is 30.6 Å². The Balaban J connectivity index is 2.56. The van der Waals surface area contributed by atoms with Gasteiger partial charge in [0, 0.05) is 5.56 Å². The van der Waals surface area contributed by atoms with Gasteiger partial charge < -0.3 is 4.74 Å². The maximum atomic E-state index is 10.7. The zero-order chi connectivity index (χ0) is 13.2. The molecule has 3 nitrogen and oxygen atoms in total. The Kier molecular flexibility index (Phi) is 3.53. The van der Waals surface area contributed by atoms with Crippen LogP contribution < -0.4 is 4.74 Å². The summed E-state index contributed by atoms with van der Waals surface area (Å²) in [5, 5.41) is 0. The molecule has 18 heavy (non-hydrogen) atoms. The van der Waals surface area contributed by atoms with Crippen molar-refractivity contribution in [2.45, 2.75) is 44.6 Å². The number of benzene rings is 1. The van der Waals surface area contributed by atoms with Crippen molar-refractivity contribution in [3.05, 3.63) is 29.3 Å². The lowest BCUT2D eigenvalue weighted by Gasteiger charge is -2.38. The number of aliphatic imine (C=N–C) groups is 1. The van der Waals surface area contributed by atoms with Gasteiger partial charge in [0.2, 0.25) is 6.08 Å². The van der Waals surface area contributed by atoms with E-state index in [4.69, 9.17) is 4.74 Å². The second-order valence-corrected chi connectivity index (χ2v) is 5.17. The number of methoxy groups -OCH3 is 1. The van der Waals surface area contributed by atoms with Crippen molar-refractivity contribution in [3.8, 4) is 5.75 Å². The number of nitrogens with zero attached hydrogens (tertiary/aromatic N) is 1. The third kappa shape index (κ3) is 1.95. The van der Waals surface area contributed by atoms with Crippen LogP contribution in [0.25, 0.3) is 0 Å². The lowest BCUT2D eigenvalue weighted by Crippen LogP contribution is -2.32. The molecule has 0 saturated heterocycles. The molecular weight excluding hydrogens is 226 g/mol. The minimum Gasteiger partial charge on any atom is -0.496 e. The third-order valence-corrected chi connectivity index (χ3v) is 3.81. The summed E-state index contributed by atoms with van der Waals surface area (Å²) < 4.78 is 5.58. The average molecular weight is 245 g/mol. The molecular formula is C15H19NO2. The van der Waals surface area contributed by atoms with Gasteiger partial charge in [-0.1, -0.05) is 32.0 Å². The van der Waals surface area contributed by atoms with E-state index in [1.165, 1.54) is 5.56 Å². The van der Waals surface area contributed by atoms with Crippen LogP contribution in [-0.2, 0) is 10.3 Å². The Morgan fingerprint density at radius 3 is 2.56 bits per heavy atom. The van der Waals surface area contributed by atoms with Gasteiger partial charge in [0.05, 0.1) is 7.11 Å². The first-order valence-corrected chi connectivity index (χ1v) is 6.41. The van der Waals surface area contributed by atoms with Crippen molar-refractivity contribution in [1.29, 1.82) is 0 Å². The molecule has 0 atom stereocenters. The summed E-state index contributed by atoms with van der Waals surface area (Å²) >= 11 is 0. The van der Waals surface area contributed by atoms with Gasteiger partial charge in [-0.2, -0.15) is 4.99 Å². The number of isocyanates is 1. The van der Waals surface area contributed by atoms with Gasteiger partial charge in [0.1, 0.15) is 11.3 Å². The Morgan fingerprint density at radius 1 is 1.39 bits per heavy atom. The zero-order valence-electron chi connectivity index (χ0n) is 11.2. The first-order chi connectivity index (χ1) is 8.64. The number of hydrogen-bond acceptors (Lipinski definition) is 3. The molecule has 1 fully saturated rings. The molecule has 0 N–H and O–H groups in total. The average Bonchev–Trinajstić information content (AvgIpc) is 2.32. The number of hydrogen-bond donors (Lipinski definition) is 0. The summed E-state index contributed by atoms with van der Waals surface area (Å²) in [7, 11) is 1.68. The lowest BCUT2D eigenvalue weighted by atomic mass is 9.71. The smallest absolute Gasteiger partial charge is 0.235 e. The molecule has 1 aliphatic carbocycles. The summed E-state index contributed by atoms with van der Waals surface area (Å²) in [5.41, 5.74) is 1.81. The predicted octanol–water partition coefficient (Wildman–Crippen LogP) is 3.53. The van der Waals surface area contributed by atoms with Crippen molar-refractivity contribution in [2.75, 3.05) is 7.11 Å². The fraction of sp³-hybridized carbons (Fsp3) is 0.533. The highest BCUT2D eigenvalue weighted by Crippen LogP contribution is 2.49.